The van der Waals surface area contributed by atoms with Crippen molar-refractivity contribution in [3.63, 3.8) is 0 Å². The molecule has 1 unspecified atom stereocenters. The van der Waals surface area contributed by atoms with E-state index < -0.39 is 23.9 Å². The highest BCUT2D eigenvalue weighted by Gasteiger charge is 2.42. The monoisotopic (exact) mass is 323 g/mol. The zero-order valence-electron chi connectivity index (χ0n) is 11.8. The third-order valence-electron chi connectivity index (χ3n) is 4.26. The van der Waals surface area contributed by atoms with Gasteiger partial charge in [-0.2, -0.15) is 0 Å². The Bertz CT molecular complexity index is 1010. The van der Waals surface area contributed by atoms with Crippen molar-refractivity contribution in [3.05, 3.63) is 46.6 Å². The summed E-state index contributed by atoms with van der Waals surface area (Å²) < 4.78 is 9.18. The number of hydrogen-bond acceptors (Lipinski definition) is 7. The van der Waals surface area contributed by atoms with Gasteiger partial charge in [0.25, 0.3) is 0 Å². The van der Waals surface area contributed by atoms with E-state index in [0.717, 1.165) is 0 Å². The van der Waals surface area contributed by atoms with Crippen LogP contribution in [0.15, 0.2) is 35.4 Å². The van der Waals surface area contributed by atoms with Gasteiger partial charge in [-0.25, -0.2) is 24.2 Å². The molecular weight excluding hydrogens is 316 g/mol. The van der Waals surface area contributed by atoms with Gasteiger partial charge < -0.3 is 14.8 Å². The molecule has 5 rings (SSSR count). The number of anilines is 1. The van der Waals surface area contributed by atoms with Crippen LogP contribution in [0.2, 0.25) is 0 Å². The Labute approximate surface area is 133 Å². The minimum Gasteiger partial charge on any atom is -0.386 e. The van der Waals surface area contributed by atoms with Crippen LogP contribution >= 0.6 is 0 Å². The molecule has 1 atom stereocenters. The largest absolute Gasteiger partial charge is 0.386 e. The Kier molecular flexibility index (Phi) is 2.18. The summed E-state index contributed by atoms with van der Waals surface area (Å²) in [4.78, 5) is 49.7. The Hall–Kier alpha value is -3.55. The van der Waals surface area contributed by atoms with E-state index in [4.69, 9.17) is 0 Å². The molecule has 1 aromatic rings. The molecule has 1 fully saturated rings. The van der Waals surface area contributed by atoms with Gasteiger partial charge in [0.2, 0.25) is 11.4 Å². The highest BCUT2D eigenvalue weighted by Crippen LogP contribution is 2.32. The first-order valence-electron chi connectivity index (χ1n) is 7.06. The molecule has 1 aromatic carbocycles. The SMILES string of the molecule is O=C1OC(=O)C2=CC3Nc4cc5c(cc4[NH+]=C3C=C12)C(=O)OC5=O. The molecule has 0 bridgehead atoms. The molecule has 8 nitrogen and oxygen atoms in total. The fraction of sp³-hybridized carbons (Fsp3) is 0.0625. The van der Waals surface area contributed by atoms with Gasteiger partial charge in [0, 0.05) is 12.1 Å². The zero-order chi connectivity index (χ0) is 16.6. The number of cyclic esters (lactones) is 4. The third kappa shape index (κ3) is 1.54. The van der Waals surface area contributed by atoms with E-state index in [0.29, 0.717) is 17.1 Å². The zero-order valence-corrected chi connectivity index (χ0v) is 11.8. The fourth-order valence-corrected chi connectivity index (χ4v) is 3.12. The van der Waals surface area contributed by atoms with Gasteiger partial charge in [0.05, 0.1) is 22.3 Å². The summed E-state index contributed by atoms with van der Waals surface area (Å²) in [5.74, 6) is -2.75. The number of ether oxygens (including phenoxy) is 2. The average Bonchev–Trinajstić information content (AvgIpc) is 2.98. The Morgan fingerprint density at radius 1 is 0.875 bits per heavy atom. The molecule has 2 N–H and O–H groups in total. The van der Waals surface area contributed by atoms with Crippen LogP contribution in [0.1, 0.15) is 20.7 Å². The van der Waals surface area contributed by atoms with Crippen molar-refractivity contribution in [3.8, 4) is 0 Å². The highest BCUT2D eigenvalue weighted by molar-refractivity contribution is 6.23. The number of nitrogens with one attached hydrogen (secondary N) is 2. The van der Waals surface area contributed by atoms with E-state index in [9.17, 15) is 19.2 Å². The first-order valence-corrected chi connectivity index (χ1v) is 7.06. The predicted octanol–water partition coefficient (Wildman–Crippen LogP) is -1.11. The standard InChI is InChI=1S/C16H6N2O6/c19-13-5-1-9-10(2-6(5)14(20)23-13)18-12-4-8-7(3-11(12)17-9)15(21)24-16(8)22/h1-4,9,17H/p+1. The first-order chi connectivity index (χ1) is 11.5. The summed E-state index contributed by atoms with van der Waals surface area (Å²) >= 11 is 0. The van der Waals surface area contributed by atoms with E-state index in [1.54, 1.807) is 12.2 Å². The first kappa shape index (κ1) is 12.9. The molecular formula is C16H7N2O6+. The lowest BCUT2D eigenvalue weighted by atomic mass is 9.93. The molecule has 8 heteroatoms. The van der Waals surface area contributed by atoms with Gasteiger partial charge >= 0.3 is 23.9 Å². The van der Waals surface area contributed by atoms with Crippen LogP contribution in [0.25, 0.3) is 0 Å². The van der Waals surface area contributed by atoms with E-state index in [1.165, 1.54) is 12.1 Å². The number of rotatable bonds is 0. The Balaban J connectivity index is 1.66. The van der Waals surface area contributed by atoms with Crippen LogP contribution in [0.4, 0.5) is 11.4 Å². The van der Waals surface area contributed by atoms with Crippen LogP contribution < -0.4 is 10.3 Å². The Morgan fingerprint density at radius 3 is 2.33 bits per heavy atom. The summed E-state index contributed by atoms with van der Waals surface area (Å²) in [5, 5.41) is 3.15. The average molecular weight is 323 g/mol. The second-order valence-corrected chi connectivity index (χ2v) is 5.64. The molecule has 4 aliphatic rings. The number of fused-ring (bicyclic) bond motifs is 4. The van der Waals surface area contributed by atoms with Gasteiger partial charge in [0.15, 0.2) is 0 Å². The van der Waals surface area contributed by atoms with E-state index >= 15 is 0 Å². The lowest BCUT2D eigenvalue weighted by Crippen LogP contribution is -2.72. The summed E-state index contributed by atoms with van der Waals surface area (Å²) in [7, 11) is 0. The number of carbonyl (C=O) groups excluding carboxylic acids is 4. The molecule has 24 heavy (non-hydrogen) atoms. The Morgan fingerprint density at radius 2 is 1.54 bits per heavy atom. The third-order valence-corrected chi connectivity index (χ3v) is 4.26. The molecule has 0 radical (unpaired) electrons. The molecule has 1 saturated heterocycles. The van der Waals surface area contributed by atoms with Gasteiger partial charge in [-0.3, -0.25) is 0 Å². The predicted molar refractivity (Wildman–Crippen MR) is 76.5 cm³/mol. The number of esters is 4. The minimum atomic E-state index is -0.694. The second kappa shape index (κ2) is 4.05. The normalized spacial score (nSPS) is 23.0. The van der Waals surface area contributed by atoms with Gasteiger partial charge in [-0.05, 0) is 12.1 Å². The maximum absolute atomic E-state index is 11.7. The quantitative estimate of drug-likeness (QED) is 0.460. The molecule has 3 aliphatic heterocycles. The van der Waals surface area contributed by atoms with Gasteiger partial charge in [0.1, 0.15) is 11.7 Å². The van der Waals surface area contributed by atoms with Crippen molar-refractivity contribution in [2.24, 2.45) is 0 Å². The maximum Gasteiger partial charge on any atom is 0.347 e. The van der Waals surface area contributed by atoms with Crippen LogP contribution in [-0.2, 0) is 19.1 Å². The second-order valence-electron chi connectivity index (χ2n) is 5.64. The van der Waals surface area contributed by atoms with Crippen LogP contribution in [0.3, 0.4) is 0 Å². The van der Waals surface area contributed by atoms with E-state index in [-0.39, 0.29) is 28.3 Å². The number of benzene rings is 1. The highest BCUT2D eigenvalue weighted by atomic mass is 16.6. The molecule has 3 heterocycles. The molecule has 0 spiro atoms. The molecule has 116 valence electrons. The van der Waals surface area contributed by atoms with Gasteiger partial charge in [-0.1, -0.05) is 0 Å². The smallest absolute Gasteiger partial charge is 0.347 e. The molecule has 0 saturated carbocycles. The van der Waals surface area contributed by atoms with E-state index in [1.807, 2.05) is 0 Å². The van der Waals surface area contributed by atoms with Crippen molar-refractivity contribution in [1.29, 1.82) is 0 Å². The van der Waals surface area contributed by atoms with E-state index in [2.05, 4.69) is 19.8 Å². The van der Waals surface area contributed by atoms with Crippen molar-refractivity contribution < 1.29 is 33.6 Å². The van der Waals surface area contributed by atoms with Crippen molar-refractivity contribution in [2.45, 2.75) is 6.04 Å². The summed E-state index contributed by atoms with van der Waals surface area (Å²) in [6.07, 6.45) is 3.13. The maximum atomic E-state index is 11.7. The summed E-state index contributed by atoms with van der Waals surface area (Å²) in [6, 6.07) is 2.66. The molecule has 1 aliphatic carbocycles. The van der Waals surface area contributed by atoms with Crippen molar-refractivity contribution in [1.82, 2.24) is 0 Å². The number of hydrogen-bond donors (Lipinski definition) is 2. The fourth-order valence-electron chi connectivity index (χ4n) is 3.12. The lowest BCUT2D eigenvalue weighted by molar-refractivity contribution is -0.354. The lowest BCUT2D eigenvalue weighted by Gasteiger charge is -2.21. The van der Waals surface area contributed by atoms with Crippen LogP contribution in [-0.4, -0.2) is 35.6 Å². The summed E-state index contributed by atoms with van der Waals surface area (Å²) in [6.45, 7) is 0. The van der Waals surface area contributed by atoms with Crippen molar-refractivity contribution >= 4 is 41.0 Å². The number of carbonyl (C=O) groups is 4. The minimum absolute atomic E-state index is 0.183. The van der Waals surface area contributed by atoms with Crippen LogP contribution in [0, 0.1) is 0 Å². The van der Waals surface area contributed by atoms with Gasteiger partial charge in [-0.15, -0.1) is 0 Å². The summed E-state index contributed by atoms with van der Waals surface area (Å²) in [5.41, 5.74) is 2.56. The van der Waals surface area contributed by atoms with Crippen molar-refractivity contribution in [2.75, 3.05) is 5.32 Å². The topological polar surface area (TPSA) is 113 Å². The molecule has 0 amide bonds. The van der Waals surface area contributed by atoms with Crippen LogP contribution in [0.5, 0.6) is 0 Å². The molecule has 0 aromatic heterocycles.